The van der Waals surface area contributed by atoms with Crippen molar-refractivity contribution in [2.45, 2.75) is 6.92 Å². The monoisotopic (exact) mass is 362 g/mol. The van der Waals surface area contributed by atoms with Crippen LogP contribution < -0.4 is 4.80 Å². The Morgan fingerprint density at radius 3 is 2.96 bits per heavy atom. The molecule has 26 heavy (non-hydrogen) atoms. The third kappa shape index (κ3) is 2.95. The van der Waals surface area contributed by atoms with Gasteiger partial charge in [-0.05, 0) is 25.1 Å². The molecule has 0 unspecified atom stereocenters. The number of thiazole rings is 1. The third-order valence-electron chi connectivity index (χ3n) is 4.06. The van der Waals surface area contributed by atoms with Crippen LogP contribution in [-0.2, 0) is 0 Å². The fourth-order valence-electron chi connectivity index (χ4n) is 2.84. The molecule has 4 aromatic rings. The number of hydrogen-bond donors (Lipinski definition) is 1. The quantitative estimate of drug-likeness (QED) is 0.410. The molecular weight excluding hydrogens is 344 g/mol. The average Bonchev–Trinajstić information content (AvgIpc) is 3.36. The summed E-state index contributed by atoms with van der Waals surface area (Å²) in [6.07, 6.45) is 5.30. The van der Waals surface area contributed by atoms with Crippen LogP contribution in [-0.4, -0.2) is 22.4 Å². The minimum absolute atomic E-state index is 0.541. The molecule has 0 aliphatic rings. The van der Waals surface area contributed by atoms with Crippen molar-refractivity contribution in [1.29, 1.82) is 0 Å². The van der Waals surface area contributed by atoms with Gasteiger partial charge in [0.05, 0.1) is 19.0 Å². The van der Waals surface area contributed by atoms with E-state index in [1.807, 2.05) is 40.5 Å². The van der Waals surface area contributed by atoms with E-state index in [1.54, 1.807) is 12.3 Å². The lowest BCUT2D eigenvalue weighted by atomic mass is 10.1. The Morgan fingerprint density at radius 2 is 2.15 bits per heavy atom. The van der Waals surface area contributed by atoms with Gasteiger partial charge in [0, 0.05) is 27.5 Å². The SMILES string of the molecule is C=CCN=c1scc(-c2ccco2)n1N=Cc1c(C)[nH]c2ccccc12. The second-order valence-electron chi connectivity index (χ2n) is 5.78. The zero-order chi connectivity index (χ0) is 17.9. The van der Waals surface area contributed by atoms with Gasteiger partial charge in [-0.25, -0.2) is 4.68 Å². The maximum Gasteiger partial charge on any atom is 0.206 e. The highest BCUT2D eigenvalue weighted by Gasteiger charge is 2.10. The molecule has 0 radical (unpaired) electrons. The highest BCUT2D eigenvalue weighted by Crippen LogP contribution is 2.22. The average molecular weight is 362 g/mol. The van der Waals surface area contributed by atoms with E-state index >= 15 is 0 Å². The number of para-hydroxylation sites is 1. The molecule has 6 heteroatoms. The Hall–Kier alpha value is -3.12. The minimum Gasteiger partial charge on any atom is -0.463 e. The first kappa shape index (κ1) is 16.4. The molecule has 0 saturated carbocycles. The summed E-state index contributed by atoms with van der Waals surface area (Å²) < 4.78 is 7.37. The van der Waals surface area contributed by atoms with Crippen molar-refractivity contribution < 1.29 is 4.42 Å². The molecule has 0 amide bonds. The Morgan fingerprint density at radius 1 is 1.27 bits per heavy atom. The number of rotatable bonds is 5. The van der Waals surface area contributed by atoms with Crippen LogP contribution >= 0.6 is 11.3 Å². The number of aromatic amines is 1. The smallest absolute Gasteiger partial charge is 0.206 e. The molecule has 1 N–H and O–H groups in total. The van der Waals surface area contributed by atoms with Crippen LogP contribution in [0.2, 0.25) is 0 Å². The lowest BCUT2D eigenvalue weighted by molar-refractivity contribution is 0.575. The van der Waals surface area contributed by atoms with Gasteiger partial charge in [0.2, 0.25) is 4.80 Å². The van der Waals surface area contributed by atoms with Crippen LogP contribution in [0.25, 0.3) is 22.4 Å². The van der Waals surface area contributed by atoms with Gasteiger partial charge in [-0.15, -0.1) is 17.9 Å². The Balaban J connectivity index is 1.84. The minimum atomic E-state index is 0.541. The third-order valence-corrected chi connectivity index (χ3v) is 4.91. The van der Waals surface area contributed by atoms with Crippen molar-refractivity contribution in [2.75, 3.05) is 6.54 Å². The molecule has 0 aliphatic heterocycles. The van der Waals surface area contributed by atoms with E-state index in [0.29, 0.717) is 6.54 Å². The van der Waals surface area contributed by atoms with Gasteiger partial charge in [0.1, 0.15) is 5.69 Å². The maximum absolute atomic E-state index is 5.55. The van der Waals surface area contributed by atoms with Gasteiger partial charge >= 0.3 is 0 Å². The molecule has 0 atom stereocenters. The van der Waals surface area contributed by atoms with Crippen LogP contribution in [0.3, 0.4) is 0 Å². The largest absolute Gasteiger partial charge is 0.463 e. The zero-order valence-electron chi connectivity index (χ0n) is 14.3. The number of nitrogens with zero attached hydrogens (tertiary/aromatic N) is 3. The fourth-order valence-corrected chi connectivity index (χ4v) is 3.66. The van der Waals surface area contributed by atoms with Gasteiger partial charge < -0.3 is 9.40 Å². The summed E-state index contributed by atoms with van der Waals surface area (Å²) in [4.78, 5) is 8.73. The van der Waals surface area contributed by atoms with Crippen LogP contribution in [0, 0.1) is 6.92 Å². The van der Waals surface area contributed by atoms with Crippen LogP contribution in [0.1, 0.15) is 11.3 Å². The summed E-state index contributed by atoms with van der Waals surface area (Å²) >= 11 is 1.53. The summed E-state index contributed by atoms with van der Waals surface area (Å²) in [5.74, 6) is 0.758. The van der Waals surface area contributed by atoms with E-state index in [0.717, 1.165) is 38.4 Å². The highest BCUT2D eigenvalue weighted by molar-refractivity contribution is 7.07. The van der Waals surface area contributed by atoms with Crippen LogP contribution in [0.5, 0.6) is 0 Å². The molecule has 4 rings (SSSR count). The van der Waals surface area contributed by atoms with Gasteiger partial charge in [-0.1, -0.05) is 24.3 Å². The van der Waals surface area contributed by atoms with Crippen molar-refractivity contribution in [3.05, 3.63) is 76.8 Å². The molecule has 0 aliphatic carbocycles. The second kappa shape index (κ2) is 7.01. The molecular formula is C20H18N4OS. The van der Waals surface area contributed by atoms with Crippen molar-refractivity contribution in [3.8, 4) is 11.5 Å². The van der Waals surface area contributed by atoms with Crippen LogP contribution in [0.4, 0.5) is 0 Å². The first-order chi connectivity index (χ1) is 12.8. The second-order valence-corrected chi connectivity index (χ2v) is 6.61. The van der Waals surface area contributed by atoms with Gasteiger partial charge in [-0.3, -0.25) is 4.99 Å². The number of aromatic nitrogens is 2. The first-order valence-electron chi connectivity index (χ1n) is 8.25. The van der Waals surface area contributed by atoms with Crippen molar-refractivity contribution in [1.82, 2.24) is 9.66 Å². The molecule has 0 saturated heterocycles. The number of hydrogen-bond acceptors (Lipinski definition) is 4. The Bertz CT molecular complexity index is 1140. The number of benzene rings is 1. The van der Waals surface area contributed by atoms with E-state index in [-0.39, 0.29) is 0 Å². The van der Waals surface area contributed by atoms with Gasteiger partial charge in [0.15, 0.2) is 5.76 Å². The molecule has 0 fully saturated rings. The normalized spacial score (nSPS) is 12.4. The summed E-state index contributed by atoms with van der Waals surface area (Å²) in [7, 11) is 0. The van der Waals surface area contributed by atoms with Crippen molar-refractivity contribution in [2.24, 2.45) is 10.1 Å². The number of furan rings is 1. The Labute approximate surface area is 154 Å². The van der Waals surface area contributed by atoms with E-state index in [2.05, 4.69) is 35.6 Å². The van der Waals surface area contributed by atoms with Crippen LogP contribution in [0.15, 0.2) is 75.2 Å². The van der Waals surface area contributed by atoms with Crippen molar-refractivity contribution in [3.63, 3.8) is 0 Å². The van der Waals surface area contributed by atoms with Crippen molar-refractivity contribution >= 4 is 28.5 Å². The summed E-state index contributed by atoms with van der Waals surface area (Å²) in [5.41, 5.74) is 4.12. The maximum atomic E-state index is 5.55. The number of H-pyrrole nitrogens is 1. The molecule has 1 aromatic carbocycles. The van der Waals surface area contributed by atoms with Gasteiger partial charge in [0.25, 0.3) is 0 Å². The topological polar surface area (TPSA) is 58.6 Å². The molecule has 3 heterocycles. The summed E-state index contributed by atoms with van der Waals surface area (Å²) in [6.45, 7) is 6.33. The number of fused-ring (bicyclic) bond motifs is 1. The molecule has 5 nitrogen and oxygen atoms in total. The number of nitrogens with one attached hydrogen (secondary N) is 1. The lowest BCUT2D eigenvalue weighted by Crippen LogP contribution is -2.12. The van der Waals surface area contributed by atoms with E-state index in [4.69, 9.17) is 9.52 Å². The van der Waals surface area contributed by atoms with E-state index in [9.17, 15) is 0 Å². The lowest BCUT2D eigenvalue weighted by Gasteiger charge is -2.00. The van der Waals surface area contributed by atoms with E-state index < -0.39 is 0 Å². The molecule has 130 valence electrons. The number of aryl methyl sites for hydroxylation is 1. The highest BCUT2D eigenvalue weighted by atomic mass is 32.1. The first-order valence-corrected chi connectivity index (χ1v) is 9.13. The fraction of sp³-hybridized carbons (Fsp3) is 0.100. The summed E-state index contributed by atoms with van der Waals surface area (Å²) in [6, 6.07) is 12.0. The molecule has 0 bridgehead atoms. The molecule has 0 spiro atoms. The Kier molecular flexibility index (Phi) is 4.41. The predicted octanol–water partition coefficient (Wildman–Crippen LogP) is 4.57. The van der Waals surface area contributed by atoms with E-state index in [1.165, 1.54) is 11.3 Å². The summed E-state index contributed by atoms with van der Waals surface area (Å²) in [5, 5.41) is 7.87. The standard InChI is InChI=1S/C20H18N4OS/c1-3-10-21-20-24(18(13-26-20)19-9-6-11-25-19)22-12-16-14(2)23-17-8-5-4-7-15(16)17/h3-9,11-13,23H,1,10H2,2H3. The predicted molar refractivity (Wildman–Crippen MR) is 107 cm³/mol. The van der Waals surface area contributed by atoms with Gasteiger partial charge in [-0.2, -0.15) is 5.10 Å². The zero-order valence-corrected chi connectivity index (χ0v) is 15.2. The molecule has 3 aromatic heterocycles.